The second kappa shape index (κ2) is 3.72. The van der Waals surface area contributed by atoms with Gasteiger partial charge >= 0.3 is 0 Å². The largest absolute Gasteiger partial charge is 0.365 e. The first-order chi connectivity index (χ1) is 7.86. The van der Waals surface area contributed by atoms with Crippen LogP contribution < -0.4 is 0 Å². The van der Waals surface area contributed by atoms with Gasteiger partial charge in [0.15, 0.2) is 0 Å². The summed E-state index contributed by atoms with van der Waals surface area (Å²) in [6.07, 6.45) is 6.15. The zero-order valence-electron chi connectivity index (χ0n) is 9.18. The van der Waals surface area contributed by atoms with Crippen molar-refractivity contribution in [2.45, 2.75) is 13.0 Å². The highest BCUT2D eigenvalue weighted by atomic mass is 16.5. The van der Waals surface area contributed by atoms with Crippen LogP contribution in [-0.2, 0) is 4.74 Å². The molecule has 0 saturated heterocycles. The van der Waals surface area contributed by atoms with E-state index in [2.05, 4.69) is 35.3 Å². The lowest BCUT2D eigenvalue weighted by Gasteiger charge is -2.12. The molecular formula is C14H13NO. The van der Waals surface area contributed by atoms with Gasteiger partial charge in [-0.2, -0.15) is 0 Å². The molecule has 3 rings (SSSR count). The lowest BCUT2D eigenvalue weighted by atomic mass is 10.0. The van der Waals surface area contributed by atoms with Crippen LogP contribution in [0.3, 0.4) is 0 Å². The number of hydrogen-bond donors (Lipinski definition) is 0. The summed E-state index contributed by atoms with van der Waals surface area (Å²) in [6, 6.07) is 8.35. The van der Waals surface area contributed by atoms with Crippen molar-refractivity contribution in [2.75, 3.05) is 6.61 Å². The molecule has 16 heavy (non-hydrogen) atoms. The maximum Gasteiger partial charge on any atom is 0.103 e. The van der Waals surface area contributed by atoms with Gasteiger partial charge in [0.2, 0.25) is 0 Å². The Morgan fingerprint density at radius 3 is 2.81 bits per heavy atom. The number of nitrogens with zero attached hydrogens (tertiary/aromatic N) is 1. The molecule has 2 heterocycles. The molecule has 0 amide bonds. The Morgan fingerprint density at radius 2 is 2.06 bits per heavy atom. The van der Waals surface area contributed by atoms with E-state index in [4.69, 9.17) is 4.74 Å². The van der Waals surface area contributed by atoms with E-state index in [1.165, 1.54) is 10.8 Å². The predicted molar refractivity (Wildman–Crippen MR) is 64.3 cm³/mol. The van der Waals surface area contributed by atoms with Crippen molar-refractivity contribution in [1.82, 2.24) is 4.98 Å². The molecule has 1 aromatic heterocycles. The molecular weight excluding hydrogens is 198 g/mol. The van der Waals surface area contributed by atoms with Crippen LogP contribution in [0.15, 0.2) is 42.6 Å². The van der Waals surface area contributed by atoms with Gasteiger partial charge in [-0.05, 0) is 12.3 Å². The van der Waals surface area contributed by atoms with E-state index in [0.717, 1.165) is 11.3 Å². The minimum Gasteiger partial charge on any atom is -0.365 e. The number of aromatic nitrogens is 1. The third-order valence-corrected chi connectivity index (χ3v) is 3.01. The van der Waals surface area contributed by atoms with E-state index in [1.54, 1.807) is 0 Å². The van der Waals surface area contributed by atoms with Gasteiger partial charge in [0.25, 0.3) is 0 Å². The van der Waals surface area contributed by atoms with Crippen molar-refractivity contribution in [3.05, 3.63) is 53.9 Å². The van der Waals surface area contributed by atoms with Gasteiger partial charge in [0.1, 0.15) is 6.10 Å². The Labute approximate surface area is 94.6 Å². The fourth-order valence-corrected chi connectivity index (χ4v) is 2.17. The second-order valence-corrected chi connectivity index (χ2v) is 4.03. The smallest absolute Gasteiger partial charge is 0.103 e. The Kier molecular flexibility index (Phi) is 2.22. The van der Waals surface area contributed by atoms with E-state index in [9.17, 15) is 0 Å². The molecule has 0 N–H and O–H groups in total. The predicted octanol–water partition coefficient (Wildman–Crippen LogP) is 3.17. The number of hydrogen-bond acceptors (Lipinski definition) is 2. The Bertz CT molecular complexity index is 560. The second-order valence-electron chi connectivity index (χ2n) is 4.03. The Balaban J connectivity index is 2.25. The number of pyridine rings is 1. The molecule has 1 atom stereocenters. The average Bonchev–Trinajstić information content (AvgIpc) is 2.83. The van der Waals surface area contributed by atoms with Crippen LogP contribution in [0.4, 0.5) is 0 Å². The molecule has 1 aliphatic heterocycles. The van der Waals surface area contributed by atoms with E-state index in [0.29, 0.717) is 6.61 Å². The van der Waals surface area contributed by atoms with Gasteiger partial charge in [-0.25, -0.2) is 0 Å². The first kappa shape index (κ1) is 9.55. The van der Waals surface area contributed by atoms with Crippen LogP contribution in [0.25, 0.3) is 10.8 Å². The van der Waals surface area contributed by atoms with Gasteiger partial charge in [-0.15, -0.1) is 0 Å². The van der Waals surface area contributed by atoms with E-state index < -0.39 is 0 Å². The monoisotopic (exact) mass is 211 g/mol. The molecule has 0 spiro atoms. The molecule has 80 valence electrons. The molecule has 0 fully saturated rings. The highest BCUT2D eigenvalue weighted by Gasteiger charge is 2.16. The number of ether oxygens (including phenoxy) is 1. The maximum absolute atomic E-state index is 5.64. The molecule has 2 nitrogen and oxygen atoms in total. The summed E-state index contributed by atoms with van der Waals surface area (Å²) in [5.41, 5.74) is 2.23. The Hall–Kier alpha value is -1.67. The molecule has 2 aromatic rings. The van der Waals surface area contributed by atoms with Gasteiger partial charge in [-0.3, -0.25) is 4.98 Å². The normalized spacial score (nSPS) is 19.4. The maximum atomic E-state index is 5.64. The fourth-order valence-electron chi connectivity index (χ4n) is 2.17. The van der Waals surface area contributed by atoms with Gasteiger partial charge in [0, 0.05) is 22.8 Å². The van der Waals surface area contributed by atoms with Crippen LogP contribution in [0, 0.1) is 6.92 Å². The SMILES string of the molecule is Cc1ncc(C2C=CCO2)c2ccccc12. The van der Waals surface area contributed by atoms with Crippen LogP contribution >= 0.6 is 0 Å². The zero-order valence-corrected chi connectivity index (χ0v) is 9.18. The number of aryl methyl sites for hydroxylation is 1. The van der Waals surface area contributed by atoms with Crippen molar-refractivity contribution in [3.63, 3.8) is 0 Å². The summed E-state index contributed by atoms with van der Waals surface area (Å²) in [5.74, 6) is 0. The highest BCUT2D eigenvalue weighted by Crippen LogP contribution is 2.30. The first-order valence-corrected chi connectivity index (χ1v) is 5.49. The summed E-state index contributed by atoms with van der Waals surface area (Å²) in [6.45, 7) is 2.74. The first-order valence-electron chi connectivity index (χ1n) is 5.49. The lowest BCUT2D eigenvalue weighted by molar-refractivity contribution is 0.130. The molecule has 0 radical (unpaired) electrons. The van der Waals surface area contributed by atoms with E-state index >= 15 is 0 Å². The zero-order chi connectivity index (χ0) is 11.0. The fraction of sp³-hybridized carbons (Fsp3) is 0.214. The van der Waals surface area contributed by atoms with Crippen LogP contribution in [0.2, 0.25) is 0 Å². The van der Waals surface area contributed by atoms with Crippen LogP contribution in [-0.4, -0.2) is 11.6 Å². The highest BCUT2D eigenvalue weighted by molar-refractivity contribution is 5.87. The Morgan fingerprint density at radius 1 is 1.25 bits per heavy atom. The molecule has 0 saturated carbocycles. The molecule has 2 heteroatoms. The molecule has 1 aromatic carbocycles. The summed E-state index contributed by atoms with van der Waals surface area (Å²) in [7, 11) is 0. The average molecular weight is 211 g/mol. The number of benzene rings is 1. The van der Waals surface area contributed by atoms with Gasteiger partial charge in [0.05, 0.1) is 6.61 Å². The minimum atomic E-state index is 0.0676. The van der Waals surface area contributed by atoms with Crippen molar-refractivity contribution < 1.29 is 4.74 Å². The third kappa shape index (κ3) is 1.42. The van der Waals surface area contributed by atoms with Gasteiger partial charge in [-0.1, -0.05) is 36.4 Å². The lowest BCUT2D eigenvalue weighted by Crippen LogP contribution is -1.99. The molecule has 0 bridgehead atoms. The van der Waals surface area contributed by atoms with Crippen LogP contribution in [0.5, 0.6) is 0 Å². The summed E-state index contributed by atoms with van der Waals surface area (Å²) in [4.78, 5) is 4.44. The number of fused-ring (bicyclic) bond motifs is 1. The minimum absolute atomic E-state index is 0.0676. The van der Waals surface area contributed by atoms with Gasteiger partial charge < -0.3 is 4.74 Å². The number of rotatable bonds is 1. The standard InChI is InChI=1S/C14H13NO/c1-10-11-5-2-3-6-12(11)13(9-15-10)14-7-4-8-16-14/h2-7,9,14H,8H2,1H3. The van der Waals surface area contributed by atoms with Crippen molar-refractivity contribution in [3.8, 4) is 0 Å². The quantitative estimate of drug-likeness (QED) is 0.676. The summed E-state index contributed by atoms with van der Waals surface area (Å²) in [5, 5.41) is 2.45. The topological polar surface area (TPSA) is 22.1 Å². The molecule has 1 aliphatic rings. The molecule has 1 unspecified atom stereocenters. The van der Waals surface area contributed by atoms with E-state index in [1.807, 2.05) is 19.2 Å². The van der Waals surface area contributed by atoms with Crippen LogP contribution in [0.1, 0.15) is 17.4 Å². The van der Waals surface area contributed by atoms with Crippen molar-refractivity contribution in [1.29, 1.82) is 0 Å². The van der Waals surface area contributed by atoms with Crippen molar-refractivity contribution >= 4 is 10.8 Å². The third-order valence-electron chi connectivity index (χ3n) is 3.01. The van der Waals surface area contributed by atoms with Crippen molar-refractivity contribution in [2.24, 2.45) is 0 Å². The molecule has 0 aliphatic carbocycles. The summed E-state index contributed by atoms with van der Waals surface area (Å²) >= 11 is 0. The summed E-state index contributed by atoms with van der Waals surface area (Å²) < 4.78 is 5.64. The van der Waals surface area contributed by atoms with E-state index in [-0.39, 0.29) is 6.10 Å².